The van der Waals surface area contributed by atoms with E-state index in [4.69, 9.17) is 5.11 Å². The van der Waals surface area contributed by atoms with Gasteiger partial charge in [0.1, 0.15) is 0 Å². The van der Waals surface area contributed by atoms with Crippen molar-refractivity contribution >= 4 is 11.9 Å². The van der Waals surface area contributed by atoms with Gasteiger partial charge in [-0.2, -0.15) is 0 Å². The molecule has 0 aliphatic heterocycles. The molecule has 0 aliphatic carbocycles. The molecule has 17 heavy (non-hydrogen) atoms. The Kier molecular flexibility index (Phi) is 9.43. The molecule has 0 rings (SSSR count). The first-order chi connectivity index (χ1) is 8.06. The topological polar surface area (TPSA) is 78.4 Å². The van der Waals surface area contributed by atoms with E-state index in [0.717, 1.165) is 19.4 Å². The Hall–Kier alpha value is -1.10. The average molecular weight is 244 g/mol. The number of amides is 1. The Labute approximate surface area is 103 Å². The quantitative estimate of drug-likeness (QED) is 0.503. The third-order valence-electron chi connectivity index (χ3n) is 2.54. The molecule has 3 N–H and O–H groups in total. The summed E-state index contributed by atoms with van der Waals surface area (Å²) in [5.74, 6) is -0.685. The van der Waals surface area contributed by atoms with Crippen molar-refractivity contribution in [3.8, 4) is 0 Å². The van der Waals surface area contributed by atoms with Crippen LogP contribution in [0.5, 0.6) is 0 Å². The van der Waals surface area contributed by atoms with Gasteiger partial charge in [0, 0.05) is 25.4 Å². The lowest BCUT2D eigenvalue weighted by atomic mass is 10.2. The van der Waals surface area contributed by atoms with Gasteiger partial charge in [0.05, 0.1) is 0 Å². The van der Waals surface area contributed by atoms with Gasteiger partial charge in [0.2, 0.25) is 5.91 Å². The van der Waals surface area contributed by atoms with Gasteiger partial charge in [0.15, 0.2) is 0 Å². The van der Waals surface area contributed by atoms with Gasteiger partial charge in [-0.1, -0.05) is 6.92 Å². The SMILES string of the molecule is CCC(C)NC(=O)CCNCCCCC(=O)O. The van der Waals surface area contributed by atoms with Crippen LogP contribution in [0.4, 0.5) is 0 Å². The van der Waals surface area contributed by atoms with Crippen molar-refractivity contribution in [3.05, 3.63) is 0 Å². The molecular weight excluding hydrogens is 220 g/mol. The van der Waals surface area contributed by atoms with Crippen LogP contribution in [0.1, 0.15) is 46.0 Å². The Morgan fingerprint density at radius 1 is 1.18 bits per heavy atom. The second-order valence-electron chi connectivity index (χ2n) is 4.23. The van der Waals surface area contributed by atoms with Gasteiger partial charge >= 0.3 is 5.97 Å². The maximum Gasteiger partial charge on any atom is 0.303 e. The first-order valence-corrected chi connectivity index (χ1v) is 6.28. The predicted octanol–water partition coefficient (Wildman–Crippen LogP) is 1.14. The van der Waals surface area contributed by atoms with Crippen LogP contribution >= 0.6 is 0 Å². The highest BCUT2D eigenvalue weighted by atomic mass is 16.4. The third-order valence-corrected chi connectivity index (χ3v) is 2.54. The number of aliphatic carboxylic acids is 1. The van der Waals surface area contributed by atoms with E-state index in [9.17, 15) is 9.59 Å². The molecule has 0 aliphatic rings. The predicted molar refractivity (Wildman–Crippen MR) is 66.9 cm³/mol. The highest BCUT2D eigenvalue weighted by Crippen LogP contribution is 1.93. The minimum atomic E-state index is -0.752. The summed E-state index contributed by atoms with van der Waals surface area (Å²) >= 11 is 0. The number of hydrogen-bond donors (Lipinski definition) is 3. The summed E-state index contributed by atoms with van der Waals surface area (Å²) in [5.41, 5.74) is 0. The maximum absolute atomic E-state index is 11.4. The molecule has 1 amide bonds. The Morgan fingerprint density at radius 2 is 1.88 bits per heavy atom. The first kappa shape index (κ1) is 15.9. The molecule has 0 aromatic carbocycles. The van der Waals surface area contributed by atoms with E-state index in [1.165, 1.54) is 0 Å². The first-order valence-electron chi connectivity index (χ1n) is 6.28. The summed E-state index contributed by atoms with van der Waals surface area (Å²) in [6.07, 6.45) is 3.15. The molecule has 0 saturated carbocycles. The van der Waals surface area contributed by atoms with E-state index < -0.39 is 5.97 Å². The molecular formula is C12H24N2O3. The summed E-state index contributed by atoms with van der Waals surface area (Å²) in [4.78, 5) is 21.6. The lowest BCUT2D eigenvalue weighted by Gasteiger charge is -2.11. The van der Waals surface area contributed by atoms with E-state index in [1.807, 2.05) is 13.8 Å². The molecule has 5 nitrogen and oxygen atoms in total. The van der Waals surface area contributed by atoms with Crippen LogP contribution in [-0.4, -0.2) is 36.1 Å². The third kappa shape index (κ3) is 11.2. The summed E-state index contributed by atoms with van der Waals surface area (Å²) < 4.78 is 0. The monoisotopic (exact) mass is 244 g/mol. The van der Waals surface area contributed by atoms with E-state index in [0.29, 0.717) is 19.4 Å². The van der Waals surface area contributed by atoms with Crippen LogP contribution in [0, 0.1) is 0 Å². The van der Waals surface area contributed by atoms with Crippen molar-refractivity contribution in [2.75, 3.05) is 13.1 Å². The fourth-order valence-corrected chi connectivity index (χ4v) is 1.30. The number of unbranched alkanes of at least 4 members (excludes halogenated alkanes) is 1. The lowest BCUT2D eigenvalue weighted by Crippen LogP contribution is -2.34. The maximum atomic E-state index is 11.4. The molecule has 1 atom stereocenters. The molecule has 0 spiro atoms. The number of carboxylic acid groups (broad SMARTS) is 1. The average Bonchev–Trinajstić information content (AvgIpc) is 2.27. The van der Waals surface area contributed by atoms with E-state index >= 15 is 0 Å². The second-order valence-corrected chi connectivity index (χ2v) is 4.23. The number of nitrogens with one attached hydrogen (secondary N) is 2. The molecule has 0 aromatic heterocycles. The van der Waals surface area contributed by atoms with Gasteiger partial charge in [-0.3, -0.25) is 9.59 Å². The minimum Gasteiger partial charge on any atom is -0.481 e. The number of carbonyl (C=O) groups is 2. The van der Waals surface area contributed by atoms with Gasteiger partial charge < -0.3 is 15.7 Å². The molecule has 1 unspecified atom stereocenters. The van der Waals surface area contributed by atoms with Crippen LogP contribution in [0.2, 0.25) is 0 Å². The second kappa shape index (κ2) is 10.1. The van der Waals surface area contributed by atoms with Crippen LogP contribution in [-0.2, 0) is 9.59 Å². The van der Waals surface area contributed by atoms with Crippen LogP contribution in [0.3, 0.4) is 0 Å². The van der Waals surface area contributed by atoms with Gasteiger partial charge in [-0.05, 0) is 32.7 Å². The van der Waals surface area contributed by atoms with Gasteiger partial charge in [-0.15, -0.1) is 0 Å². The van der Waals surface area contributed by atoms with E-state index in [2.05, 4.69) is 10.6 Å². The Morgan fingerprint density at radius 3 is 2.47 bits per heavy atom. The molecule has 5 heteroatoms. The zero-order valence-corrected chi connectivity index (χ0v) is 10.8. The standard InChI is InChI=1S/C12H24N2O3/c1-3-10(2)14-11(15)7-9-13-8-5-4-6-12(16)17/h10,13H,3-9H2,1-2H3,(H,14,15)(H,16,17). The van der Waals surface area contributed by atoms with Crippen molar-refractivity contribution in [2.45, 2.75) is 52.0 Å². The van der Waals surface area contributed by atoms with Crippen molar-refractivity contribution < 1.29 is 14.7 Å². The number of rotatable bonds is 10. The molecule has 0 radical (unpaired) electrons. The number of carbonyl (C=O) groups excluding carboxylic acids is 1. The van der Waals surface area contributed by atoms with Crippen molar-refractivity contribution in [1.82, 2.24) is 10.6 Å². The van der Waals surface area contributed by atoms with Crippen molar-refractivity contribution in [2.24, 2.45) is 0 Å². The molecule has 0 saturated heterocycles. The molecule has 0 heterocycles. The molecule has 100 valence electrons. The summed E-state index contributed by atoms with van der Waals surface area (Å²) in [6, 6.07) is 0.234. The molecule has 0 fully saturated rings. The van der Waals surface area contributed by atoms with E-state index in [-0.39, 0.29) is 18.4 Å². The fourth-order valence-electron chi connectivity index (χ4n) is 1.30. The number of carboxylic acids is 1. The lowest BCUT2D eigenvalue weighted by molar-refractivity contribution is -0.137. The summed E-state index contributed by atoms with van der Waals surface area (Å²) in [6.45, 7) is 5.43. The van der Waals surface area contributed by atoms with Crippen molar-refractivity contribution in [1.29, 1.82) is 0 Å². The smallest absolute Gasteiger partial charge is 0.303 e. The van der Waals surface area contributed by atoms with Crippen molar-refractivity contribution in [3.63, 3.8) is 0 Å². The normalized spacial score (nSPS) is 12.1. The minimum absolute atomic E-state index is 0.0670. The summed E-state index contributed by atoms with van der Waals surface area (Å²) in [5, 5.41) is 14.4. The fraction of sp³-hybridized carbons (Fsp3) is 0.833. The molecule has 0 aromatic rings. The number of hydrogen-bond acceptors (Lipinski definition) is 3. The van der Waals surface area contributed by atoms with Crippen LogP contribution < -0.4 is 10.6 Å². The zero-order valence-electron chi connectivity index (χ0n) is 10.8. The van der Waals surface area contributed by atoms with Gasteiger partial charge in [-0.25, -0.2) is 0 Å². The summed E-state index contributed by atoms with van der Waals surface area (Å²) in [7, 11) is 0. The highest BCUT2D eigenvalue weighted by molar-refractivity contribution is 5.76. The highest BCUT2D eigenvalue weighted by Gasteiger charge is 2.04. The van der Waals surface area contributed by atoms with Crippen LogP contribution in [0.25, 0.3) is 0 Å². The van der Waals surface area contributed by atoms with E-state index in [1.54, 1.807) is 0 Å². The Bertz CT molecular complexity index is 232. The molecule has 0 bridgehead atoms. The van der Waals surface area contributed by atoms with Gasteiger partial charge in [0.25, 0.3) is 0 Å². The largest absolute Gasteiger partial charge is 0.481 e. The Balaban J connectivity index is 3.27. The zero-order chi connectivity index (χ0) is 13.1. The van der Waals surface area contributed by atoms with Crippen LogP contribution in [0.15, 0.2) is 0 Å².